The summed E-state index contributed by atoms with van der Waals surface area (Å²) >= 11 is 0. The molecule has 0 N–H and O–H groups in total. The first-order valence-electron chi connectivity index (χ1n) is 16.5. The van der Waals surface area contributed by atoms with Gasteiger partial charge in [0.2, 0.25) is 0 Å². The number of fused-ring (bicyclic) bond motifs is 7. The summed E-state index contributed by atoms with van der Waals surface area (Å²) in [6, 6.07) is 52.2. The minimum atomic E-state index is -0.124. The van der Waals surface area contributed by atoms with E-state index >= 15 is 0 Å². The highest BCUT2D eigenvalue weighted by molar-refractivity contribution is 5.96. The van der Waals surface area contributed by atoms with E-state index in [1.807, 2.05) is 48.5 Å². The van der Waals surface area contributed by atoms with E-state index in [0.717, 1.165) is 72.9 Å². The summed E-state index contributed by atoms with van der Waals surface area (Å²) in [7, 11) is 1.66. The summed E-state index contributed by atoms with van der Waals surface area (Å²) in [6.07, 6.45) is 0. The zero-order chi connectivity index (χ0) is 32.9. The topological polar surface area (TPSA) is 36.9 Å². The van der Waals surface area contributed by atoms with Gasteiger partial charge in [-0.3, -0.25) is 0 Å². The monoisotopic (exact) mass is 636 g/mol. The van der Waals surface area contributed by atoms with Gasteiger partial charge < -0.3 is 18.9 Å². The molecule has 0 bridgehead atoms. The standard InChI is InChI=1S/C45H32O4/c1-28-7-15-35(16-8-28)47-37-17-11-30-13-23-41-44(39(30)26-37)43(33-10-9-29-5-3-4-6-32(29)25-33)45-40-27-38(18-12-31(40)14-24-42(45)49-41)48-36-21-19-34(46-2)20-22-36/h3-27,43H,1-2H3. The van der Waals surface area contributed by atoms with E-state index in [4.69, 9.17) is 18.9 Å². The number of methoxy groups -OCH3 is 1. The molecule has 1 aliphatic rings. The maximum Gasteiger partial charge on any atom is 0.132 e. The van der Waals surface area contributed by atoms with E-state index in [0.29, 0.717) is 0 Å². The molecular weight excluding hydrogens is 604 g/mol. The molecule has 0 saturated heterocycles. The van der Waals surface area contributed by atoms with Crippen molar-refractivity contribution in [1.82, 2.24) is 0 Å². The molecule has 9 rings (SSSR count). The van der Waals surface area contributed by atoms with Crippen LogP contribution in [0.3, 0.4) is 0 Å². The van der Waals surface area contributed by atoms with Crippen molar-refractivity contribution in [2.24, 2.45) is 0 Å². The van der Waals surface area contributed by atoms with Crippen LogP contribution in [0.4, 0.5) is 0 Å². The number of benzene rings is 8. The zero-order valence-corrected chi connectivity index (χ0v) is 27.1. The number of rotatable bonds is 6. The van der Waals surface area contributed by atoms with Gasteiger partial charge >= 0.3 is 0 Å². The first kappa shape index (κ1) is 28.9. The summed E-state index contributed by atoms with van der Waals surface area (Å²) in [5, 5.41) is 6.81. The Morgan fingerprint density at radius 3 is 1.53 bits per heavy atom. The van der Waals surface area contributed by atoms with Crippen molar-refractivity contribution in [3.05, 3.63) is 174 Å². The van der Waals surface area contributed by atoms with Crippen LogP contribution in [0.5, 0.6) is 40.2 Å². The van der Waals surface area contributed by atoms with Crippen LogP contribution < -0.4 is 18.9 Å². The second-order valence-electron chi connectivity index (χ2n) is 12.6. The first-order chi connectivity index (χ1) is 24.1. The van der Waals surface area contributed by atoms with Crippen LogP contribution in [-0.2, 0) is 0 Å². The fourth-order valence-corrected chi connectivity index (χ4v) is 7.01. The number of hydrogen-bond donors (Lipinski definition) is 0. The molecule has 8 aromatic carbocycles. The second-order valence-corrected chi connectivity index (χ2v) is 12.6. The molecule has 236 valence electrons. The predicted octanol–water partition coefficient (Wildman–Crippen LogP) is 12.3. The SMILES string of the molecule is COc1ccc(Oc2ccc3ccc4c(c3c2)C(c2ccc3ccccc3c2)c2c(ccc3ccc(Oc5ccc(C)cc5)cc23)O4)cc1. The predicted molar refractivity (Wildman–Crippen MR) is 197 cm³/mol. The van der Waals surface area contributed by atoms with Gasteiger partial charge in [-0.05, 0) is 118 Å². The van der Waals surface area contributed by atoms with Gasteiger partial charge in [-0.15, -0.1) is 0 Å². The lowest BCUT2D eigenvalue weighted by molar-refractivity contribution is 0.413. The molecular formula is C45H32O4. The van der Waals surface area contributed by atoms with Crippen LogP contribution in [-0.4, -0.2) is 7.11 Å². The molecule has 0 aliphatic carbocycles. The van der Waals surface area contributed by atoms with Crippen molar-refractivity contribution in [2.75, 3.05) is 7.11 Å². The molecule has 8 aromatic rings. The first-order valence-corrected chi connectivity index (χ1v) is 16.5. The van der Waals surface area contributed by atoms with Crippen LogP contribution in [0.15, 0.2) is 152 Å². The molecule has 1 heterocycles. The van der Waals surface area contributed by atoms with E-state index < -0.39 is 0 Å². The number of hydrogen-bond acceptors (Lipinski definition) is 4. The van der Waals surface area contributed by atoms with Crippen molar-refractivity contribution in [2.45, 2.75) is 12.8 Å². The quantitative estimate of drug-likeness (QED) is 0.182. The summed E-state index contributed by atoms with van der Waals surface area (Å²) in [5.41, 5.74) is 4.61. The van der Waals surface area contributed by atoms with Gasteiger partial charge in [-0.2, -0.15) is 0 Å². The van der Waals surface area contributed by atoms with Gasteiger partial charge in [0, 0.05) is 17.0 Å². The Kier molecular flexibility index (Phi) is 6.94. The Labute approximate surface area is 284 Å². The third-order valence-electron chi connectivity index (χ3n) is 9.45. The van der Waals surface area contributed by atoms with E-state index in [9.17, 15) is 0 Å². The lowest BCUT2D eigenvalue weighted by atomic mass is 9.78. The third kappa shape index (κ3) is 5.28. The van der Waals surface area contributed by atoms with Crippen molar-refractivity contribution < 1.29 is 18.9 Å². The zero-order valence-electron chi connectivity index (χ0n) is 27.1. The van der Waals surface area contributed by atoms with Crippen molar-refractivity contribution >= 4 is 32.3 Å². The molecule has 1 atom stereocenters. The van der Waals surface area contributed by atoms with Gasteiger partial charge in [-0.25, -0.2) is 0 Å². The fraction of sp³-hybridized carbons (Fsp3) is 0.0667. The number of ether oxygens (including phenoxy) is 4. The molecule has 0 fully saturated rings. The molecule has 0 amide bonds. The lowest BCUT2D eigenvalue weighted by Crippen LogP contribution is -2.13. The Hall–Kier alpha value is -6.26. The van der Waals surface area contributed by atoms with Gasteiger partial charge in [0.25, 0.3) is 0 Å². The lowest BCUT2D eigenvalue weighted by Gasteiger charge is -2.31. The minimum absolute atomic E-state index is 0.124. The van der Waals surface area contributed by atoms with E-state index in [2.05, 4.69) is 110 Å². The highest BCUT2D eigenvalue weighted by Crippen LogP contribution is 2.53. The molecule has 4 heteroatoms. The van der Waals surface area contributed by atoms with E-state index in [1.54, 1.807) is 7.11 Å². The average molecular weight is 637 g/mol. The van der Waals surface area contributed by atoms with Crippen LogP contribution in [0.25, 0.3) is 32.3 Å². The molecule has 0 saturated carbocycles. The molecule has 4 nitrogen and oxygen atoms in total. The van der Waals surface area contributed by atoms with E-state index in [1.165, 1.54) is 21.9 Å². The van der Waals surface area contributed by atoms with Crippen molar-refractivity contribution in [3.8, 4) is 40.2 Å². The van der Waals surface area contributed by atoms with E-state index in [-0.39, 0.29) is 5.92 Å². The maximum atomic E-state index is 6.79. The largest absolute Gasteiger partial charge is 0.497 e. The van der Waals surface area contributed by atoms with Crippen LogP contribution in [0.1, 0.15) is 28.2 Å². The van der Waals surface area contributed by atoms with Crippen LogP contribution >= 0.6 is 0 Å². The molecule has 0 aromatic heterocycles. The normalized spacial score (nSPS) is 13.5. The Bertz CT molecular complexity index is 2520. The fourth-order valence-electron chi connectivity index (χ4n) is 7.01. The third-order valence-corrected chi connectivity index (χ3v) is 9.45. The van der Waals surface area contributed by atoms with Crippen LogP contribution in [0.2, 0.25) is 0 Å². The molecule has 0 spiro atoms. The second kappa shape index (κ2) is 11.8. The summed E-state index contributed by atoms with van der Waals surface area (Å²) in [5.74, 6) is 5.42. The Morgan fingerprint density at radius 1 is 0.449 bits per heavy atom. The summed E-state index contributed by atoms with van der Waals surface area (Å²) < 4.78 is 24.9. The minimum Gasteiger partial charge on any atom is -0.497 e. The van der Waals surface area contributed by atoms with Crippen molar-refractivity contribution in [3.63, 3.8) is 0 Å². The van der Waals surface area contributed by atoms with Crippen LogP contribution in [0, 0.1) is 6.92 Å². The molecule has 49 heavy (non-hydrogen) atoms. The summed E-state index contributed by atoms with van der Waals surface area (Å²) in [4.78, 5) is 0. The number of aryl methyl sites for hydroxylation is 1. The summed E-state index contributed by atoms with van der Waals surface area (Å²) in [6.45, 7) is 2.08. The molecule has 1 aliphatic heterocycles. The van der Waals surface area contributed by atoms with Gasteiger partial charge in [0.1, 0.15) is 40.2 Å². The smallest absolute Gasteiger partial charge is 0.132 e. The maximum absolute atomic E-state index is 6.79. The van der Waals surface area contributed by atoms with Crippen molar-refractivity contribution in [1.29, 1.82) is 0 Å². The Balaban J connectivity index is 1.25. The Morgan fingerprint density at radius 2 is 0.939 bits per heavy atom. The van der Waals surface area contributed by atoms with Gasteiger partial charge in [0.15, 0.2) is 0 Å². The average Bonchev–Trinajstić information content (AvgIpc) is 3.14. The highest BCUT2D eigenvalue weighted by atomic mass is 16.5. The molecule has 0 radical (unpaired) electrons. The van der Waals surface area contributed by atoms with Gasteiger partial charge in [0.05, 0.1) is 7.11 Å². The highest BCUT2D eigenvalue weighted by Gasteiger charge is 2.32. The molecule has 1 unspecified atom stereocenters. The van der Waals surface area contributed by atoms with Gasteiger partial charge in [-0.1, -0.05) is 84.4 Å².